The molecule has 6 nitrogen and oxygen atoms in total. The van der Waals surface area contributed by atoms with Crippen LogP contribution in [0.15, 0.2) is 54.7 Å². The van der Waals surface area contributed by atoms with E-state index >= 15 is 0 Å². The van der Waals surface area contributed by atoms with Crippen LogP contribution in [0.3, 0.4) is 0 Å². The lowest BCUT2D eigenvalue weighted by Crippen LogP contribution is -2.33. The molecule has 0 spiro atoms. The lowest BCUT2D eigenvalue weighted by Gasteiger charge is -2.06. The Morgan fingerprint density at radius 2 is 1.82 bits per heavy atom. The van der Waals surface area contributed by atoms with Crippen molar-refractivity contribution >= 4 is 16.7 Å². The number of benzene rings is 2. The van der Waals surface area contributed by atoms with Crippen molar-refractivity contribution in [2.75, 3.05) is 7.11 Å². The number of nitrogens with zero attached hydrogens (tertiary/aromatic N) is 4. The van der Waals surface area contributed by atoms with Gasteiger partial charge in [0.1, 0.15) is 11.3 Å². The minimum Gasteiger partial charge on any atom is -0.594 e. The number of aromatic nitrogens is 4. The molecule has 2 heterocycles. The van der Waals surface area contributed by atoms with Gasteiger partial charge in [0.15, 0.2) is 0 Å². The SMILES string of the molecule is COc1ccc(-c2ccc3c(c2)n2nccc2n[n+]3[O-])cc1. The molecule has 0 amide bonds. The normalized spacial score (nSPS) is 11.1. The highest BCUT2D eigenvalue weighted by atomic mass is 16.5. The standard InChI is InChI=1S/C16H12N4O2/c1-22-13-5-2-11(3-6-13)12-4-7-14-15(10-12)19-16(8-9-17-19)18-20(14)21/h2-10H,1H3. The Labute approximate surface area is 125 Å². The van der Waals surface area contributed by atoms with Crippen molar-refractivity contribution in [3.8, 4) is 16.9 Å². The Bertz CT molecular complexity index is 977. The van der Waals surface area contributed by atoms with Gasteiger partial charge in [0, 0.05) is 17.2 Å². The highest BCUT2D eigenvalue weighted by Crippen LogP contribution is 2.25. The summed E-state index contributed by atoms with van der Waals surface area (Å²) in [5.74, 6) is 0.806. The van der Waals surface area contributed by atoms with E-state index in [0.717, 1.165) is 22.4 Å². The average Bonchev–Trinajstić information content (AvgIpc) is 3.03. The molecule has 2 aromatic carbocycles. The maximum absolute atomic E-state index is 12.0. The van der Waals surface area contributed by atoms with Gasteiger partial charge in [-0.2, -0.15) is 5.10 Å². The first-order valence-electron chi connectivity index (χ1n) is 6.78. The molecule has 0 unspecified atom stereocenters. The maximum Gasteiger partial charge on any atom is 0.270 e. The molecule has 0 bridgehead atoms. The van der Waals surface area contributed by atoms with Crippen molar-refractivity contribution in [1.29, 1.82) is 0 Å². The second kappa shape index (κ2) is 4.70. The first kappa shape index (κ1) is 12.6. The van der Waals surface area contributed by atoms with E-state index in [9.17, 15) is 5.21 Å². The minimum atomic E-state index is 0.480. The van der Waals surface area contributed by atoms with Crippen molar-refractivity contribution in [1.82, 2.24) is 14.7 Å². The molecule has 6 heteroatoms. The van der Waals surface area contributed by atoms with Gasteiger partial charge in [-0.1, -0.05) is 12.1 Å². The van der Waals surface area contributed by atoms with Crippen molar-refractivity contribution < 1.29 is 9.58 Å². The van der Waals surface area contributed by atoms with Crippen LogP contribution in [0.5, 0.6) is 5.75 Å². The Morgan fingerprint density at radius 1 is 1.05 bits per heavy atom. The largest absolute Gasteiger partial charge is 0.594 e. The monoisotopic (exact) mass is 292 g/mol. The third kappa shape index (κ3) is 1.85. The number of fused-ring (bicyclic) bond motifs is 3. The minimum absolute atomic E-state index is 0.480. The van der Waals surface area contributed by atoms with E-state index in [1.807, 2.05) is 36.4 Å². The molecule has 108 valence electrons. The molecule has 4 aromatic rings. The molecule has 2 aromatic heterocycles. The Morgan fingerprint density at radius 3 is 2.59 bits per heavy atom. The molecule has 0 N–H and O–H groups in total. The zero-order valence-corrected chi connectivity index (χ0v) is 11.8. The van der Waals surface area contributed by atoms with E-state index in [0.29, 0.717) is 16.0 Å². The topological polar surface area (TPSA) is 66.4 Å². The summed E-state index contributed by atoms with van der Waals surface area (Å²) >= 11 is 0. The number of hydrogen-bond donors (Lipinski definition) is 0. The van der Waals surface area contributed by atoms with Crippen LogP contribution in [-0.2, 0) is 0 Å². The van der Waals surface area contributed by atoms with Gasteiger partial charge in [0.05, 0.1) is 13.3 Å². The van der Waals surface area contributed by atoms with Gasteiger partial charge >= 0.3 is 0 Å². The van der Waals surface area contributed by atoms with E-state index < -0.39 is 0 Å². The first-order chi connectivity index (χ1) is 10.8. The third-order valence-electron chi connectivity index (χ3n) is 3.65. The maximum atomic E-state index is 12.0. The van der Waals surface area contributed by atoms with Gasteiger partial charge in [-0.25, -0.2) is 4.52 Å². The van der Waals surface area contributed by atoms with Crippen LogP contribution < -0.4 is 9.58 Å². The zero-order chi connectivity index (χ0) is 15.1. The van der Waals surface area contributed by atoms with Gasteiger partial charge in [-0.15, -0.1) is 0 Å². The predicted molar refractivity (Wildman–Crippen MR) is 81.4 cm³/mol. The van der Waals surface area contributed by atoms with E-state index in [1.165, 1.54) is 0 Å². The highest BCUT2D eigenvalue weighted by Gasteiger charge is 2.13. The molecule has 0 fully saturated rings. The van der Waals surface area contributed by atoms with Crippen LogP contribution in [0.1, 0.15) is 0 Å². The van der Waals surface area contributed by atoms with Crippen molar-refractivity contribution in [3.05, 3.63) is 59.9 Å². The molecule has 4 rings (SSSR count). The van der Waals surface area contributed by atoms with Crippen LogP contribution in [-0.4, -0.2) is 21.8 Å². The Kier molecular flexibility index (Phi) is 2.69. The lowest BCUT2D eigenvalue weighted by atomic mass is 10.0. The van der Waals surface area contributed by atoms with E-state index in [1.54, 1.807) is 30.0 Å². The fourth-order valence-electron chi connectivity index (χ4n) is 2.52. The van der Waals surface area contributed by atoms with Crippen LogP contribution >= 0.6 is 0 Å². The second-order valence-electron chi connectivity index (χ2n) is 4.91. The van der Waals surface area contributed by atoms with Crippen molar-refractivity contribution in [3.63, 3.8) is 0 Å². The van der Waals surface area contributed by atoms with Gasteiger partial charge in [-0.3, -0.25) is 0 Å². The molecular formula is C16H12N4O2. The number of hydrogen-bond acceptors (Lipinski definition) is 4. The molecule has 0 saturated heterocycles. The Balaban J connectivity index is 1.95. The molecule has 0 radical (unpaired) electrons. The molecule has 0 saturated carbocycles. The van der Waals surface area contributed by atoms with Gasteiger partial charge in [-0.05, 0) is 40.2 Å². The second-order valence-corrected chi connectivity index (χ2v) is 4.91. The fraction of sp³-hybridized carbons (Fsp3) is 0.0625. The Hall–Kier alpha value is -3.15. The zero-order valence-electron chi connectivity index (χ0n) is 11.8. The highest BCUT2D eigenvalue weighted by molar-refractivity contribution is 5.80. The van der Waals surface area contributed by atoms with Crippen LogP contribution in [0.25, 0.3) is 27.8 Å². The molecule has 0 aliphatic rings. The van der Waals surface area contributed by atoms with Crippen molar-refractivity contribution in [2.24, 2.45) is 0 Å². The van der Waals surface area contributed by atoms with Gasteiger partial charge < -0.3 is 9.94 Å². The van der Waals surface area contributed by atoms with E-state index in [-0.39, 0.29) is 0 Å². The summed E-state index contributed by atoms with van der Waals surface area (Å²) in [5.41, 5.74) is 3.76. The van der Waals surface area contributed by atoms with Crippen LogP contribution in [0.2, 0.25) is 0 Å². The van der Waals surface area contributed by atoms with Crippen LogP contribution in [0, 0.1) is 5.21 Å². The summed E-state index contributed by atoms with van der Waals surface area (Å²) in [6.07, 6.45) is 1.63. The first-order valence-corrected chi connectivity index (χ1v) is 6.78. The lowest BCUT2D eigenvalue weighted by molar-refractivity contribution is -0.640. The summed E-state index contributed by atoms with van der Waals surface area (Å²) in [6.45, 7) is 0. The van der Waals surface area contributed by atoms with E-state index in [4.69, 9.17) is 4.74 Å². The smallest absolute Gasteiger partial charge is 0.270 e. The average molecular weight is 292 g/mol. The number of ether oxygens (including phenoxy) is 1. The van der Waals surface area contributed by atoms with E-state index in [2.05, 4.69) is 10.2 Å². The predicted octanol–water partition coefficient (Wildman–Crippen LogP) is 2.19. The molecule has 0 atom stereocenters. The number of rotatable bonds is 2. The summed E-state index contributed by atoms with van der Waals surface area (Å²) in [5, 5.41) is 20.1. The third-order valence-corrected chi connectivity index (χ3v) is 3.65. The van der Waals surface area contributed by atoms with Gasteiger partial charge in [0.2, 0.25) is 5.65 Å². The molecule has 22 heavy (non-hydrogen) atoms. The summed E-state index contributed by atoms with van der Waals surface area (Å²) < 4.78 is 6.83. The number of methoxy groups -OCH3 is 1. The molecule has 0 aliphatic carbocycles. The van der Waals surface area contributed by atoms with Crippen molar-refractivity contribution in [2.45, 2.75) is 0 Å². The summed E-state index contributed by atoms with van der Waals surface area (Å²) in [4.78, 5) is 0.629. The fourth-order valence-corrected chi connectivity index (χ4v) is 2.52. The molecular weight excluding hydrogens is 280 g/mol. The quantitative estimate of drug-likeness (QED) is 0.419. The molecule has 0 aliphatic heterocycles. The van der Waals surface area contributed by atoms with Gasteiger partial charge in [0.25, 0.3) is 5.52 Å². The summed E-state index contributed by atoms with van der Waals surface area (Å²) in [7, 11) is 1.64. The summed E-state index contributed by atoms with van der Waals surface area (Å²) in [6, 6.07) is 15.1. The van der Waals surface area contributed by atoms with Crippen LogP contribution in [0.4, 0.5) is 0 Å².